The number of rotatable bonds is 4. The Labute approximate surface area is 83.1 Å². The molecule has 0 aromatic heterocycles. The Morgan fingerprint density at radius 3 is 2.79 bits per heavy atom. The number of morpholine rings is 1. The predicted molar refractivity (Wildman–Crippen MR) is 48.8 cm³/mol. The molecule has 1 aliphatic rings. The molecule has 0 aromatic carbocycles. The van der Waals surface area contributed by atoms with Gasteiger partial charge in [-0.15, -0.1) is 0 Å². The molecule has 2 amide bonds. The minimum absolute atomic E-state index is 0.218. The van der Waals surface area contributed by atoms with Crippen LogP contribution in [0.5, 0.6) is 0 Å². The summed E-state index contributed by atoms with van der Waals surface area (Å²) in [5.74, 6) is 0. The van der Waals surface area contributed by atoms with Gasteiger partial charge >= 0.3 is 6.03 Å². The number of hydroxylamine groups is 1. The van der Waals surface area contributed by atoms with Crippen molar-refractivity contribution >= 4 is 6.03 Å². The van der Waals surface area contributed by atoms with Crippen LogP contribution in [0.15, 0.2) is 0 Å². The number of carbonyl (C=O) groups excluding carboxylic acids is 1. The fourth-order valence-corrected chi connectivity index (χ4v) is 1.07. The minimum Gasteiger partial charge on any atom is -0.382 e. The molecule has 0 atom stereocenters. The normalized spacial score (nSPS) is 16.8. The predicted octanol–water partition coefficient (Wildman–Crippen LogP) is -0.394. The highest BCUT2D eigenvalue weighted by molar-refractivity contribution is 5.73. The third-order valence-electron chi connectivity index (χ3n) is 1.85. The molecule has 6 heteroatoms. The van der Waals surface area contributed by atoms with Crippen molar-refractivity contribution in [2.75, 3.05) is 46.6 Å². The van der Waals surface area contributed by atoms with Crippen LogP contribution in [-0.2, 0) is 14.3 Å². The molecule has 0 aliphatic carbocycles. The first-order chi connectivity index (χ1) is 6.84. The second-order valence-electron chi connectivity index (χ2n) is 2.85. The van der Waals surface area contributed by atoms with Gasteiger partial charge in [0.1, 0.15) is 0 Å². The number of urea groups is 1. The Kier molecular flexibility index (Phi) is 5.28. The third kappa shape index (κ3) is 3.91. The van der Waals surface area contributed by atoms with Gasteiger partial charge in [0.2, 0.25) is 0 Å². The van der Waals surface area contributed by atoms with E-state index in [-0.39, 0.29) is 6.03 Å². The van der Waals surface area contributed by atoms with E-state index in [0.29, 0.717) is 39.5 Å². The summed E-state index contributed by atoms with van der Waals surface area (Å²) in [5, 5.41) is 0. The minimum atomic E-state index is -0.218. The van der Waals surface area contributed by atoms with E-state index >= 15 is 0 Å². The zero-order valence-electron chi connectivity index (χ0n) is 8.32. The molecule has 1 fully saturated rings. The molecule has 6 nitrogen and oxygen atoms in total. The number of ether oxygens (including phenoxy) is 2. The van der Waals surface area contributed by atoms with E-state index in [9.17, 15) is 4.79 Å². The van der Waals surface area contributed by atoms with Crippen molar-refractivity contribution in [1.82, 2.24) is 10.4 Å². The molecule has 0 spiro atoms. The van der Waals surface area contributed by atoms with Gasteiger partial charge in [0, 0.05) is 20.2 Å². The summed E-state index contributed by atoms with van der Waals surface area (Å²) in [6.07, 6.45) is 0. The van der Waals surface area contributed by atoms with Crippen molar-refractivity contribution in [3.63, 3.8) is 0 Å². The fraction of sp³-hybridized carbons (Fsp3) is 0.875. The van der Waals surface area contributed by atoms with Gasteiger partial charge in [-0.1, -0.05) is 0 Å². The lowest BCUT2D eigenvalue weighted by Gasteiger charge is -2.26. The lowest BCUT2D eigenvalue weighted by atomic mass is 10.4. The van der Waals surface area contributed by atoms with Crippen molar-refractivity contribution in [3.8, 4) is 0 Å². The zero-order chi connectivity index (χ0) is 10.2. The van der Waals surface area contributed by atoms with Crippen LogP contribution in [0.25, 0.3) is 0 Å². The summed E-state index contributed by atoms with van der Waals surface area (Å²) in [7, 11) is 1.58. The Morgan fingerprint density at radius 2 is 2.14 bits per heavy atom. The molecule has 0 bridgehead atoms. The highest BCUT2D eigenvalue weighted by atomic mass is 16.7. The smallest absolute Gasteiger partial charge is 0.341 e. The van der Waals surface area contributed by atoms with E-state index < -0.39 is 0 Å². The van der Waals surface area contributed by atoms with Gasteiger partial charge in [-0.05, 0) is 0 Å². The first kappa shape index (κ1) is 11.2. The number of nitrogens with one attached hydrogen (secondary N) is 1. The summed E-state index contributed by atoms with van der Waals surface area (Å²) in [6, 6.07) is -0.218. The number of hydrogen-bond donors (Lipinski definition) is 1. The fourth-order valence-electron chi connectivity index (χ4n) is 1.07. The molecule has 14 heavy (non-hydrogen) atoms. The van der Waals surface area contributed by atoms with Gasteiger partial charge in [-0.25, -0.2) is 10.3 Å². The molecular formula is C8H16N2O4. The molecule has 82 valence electrons. The monoisotopic (exact) mass is 204 g/mol. The van der Waals surface area contributed by atoms with Crippen LogP contribution in [0.3, 0.4) is 0 Å². The van der Waals surface area contributed by atoms with Crippen LogP contribution in [0, 0.1) is 0 Å². The van der Waals surface area contributed by atoms with Gasteiger partial charge < -0.3 is 14.4 Å². The van der Waals surface area contributed by atoms with Crippen molar-refractivity contribution in [2.24, 2.45) is 0 Å². The summed E-state index contributed by atoms with van der Waals surface area (Å²) in [4.78, 5) is 17.9. The van der Waals surface area contributed by atoms with Gasteiger partial charge in [0.15, 0.2) is 0 Å². The quantitative estimate of drug-likeness (QED) is 0.500. The van der Waals surface area contributed by atoms with E-state index in [1.807, 2.05) is 0 Å². The molecule has 1 rings (SSSR count). The summed E-state index contributed by atoms with van der Waals surface area (Å²) < 4.78 is 9.87. The number of hydrogen-bond acceptors (Lipinski definition) is 4. The van der Waals surface area contributed by atoms with E-state index in [4.69, 9.17) is 14.3 Å². The van der Waals surface area contributed by atoms with Gasteiger partial charge in [-0.3, -0.25) is 4.84 Å². The maximum atomic E-state index is 11.4. The van der Waals surface area contributed by atoms with Gasteiger partial charge in [-0.2, -0.15) is 0 Å². The Morgan fingerprint density at radius 1 is 1.43 bits per heavy atom. The summed E-state index contributed by atoms with van der Waals surface area (Å²) in [5.41, 5.74) is 2.34. The van der Waals surface area contributed by atoms with Gasteiger partial charge in [0.25, 0.3) is 0 Å². The van der Waals surface area contributed by atoms with Crippen LogP contribution >= 0.6 is 0 Å². The second-order valence-corrected chi connectivity index (χ2v) is 2.85. The van der Waals surface area contributed by atoms with Crippen LogP contribution < -0.4 is 5.48 Å². The Balaban J connectivity index is 2.07. The van der Waals surface area contributed by atoms with Crippen LogP contribution in [0.4, 0.5) is 4.79 Å². The SMILES string of the molecule is COCCONC(=O)N1CCOCC1. The van der Waals surface area contributed by atoms with Crippen molar-refractivity contribution in [1.29, 1.82) is 0 Å². The molecule has 1 aliphatic heterocycles. The summed E-state index contributed by atoms with van der Waals surface area (Å²) in [6.45, 7) is 3.21. The molecule has 0 radical (unpaired) electrons. The van der Waals surface area contributed by atoms with Crippen molar-refractivity contribution < 1.29 is 19.1 Å². The molecule has 1 N–H and O–H groups in total. The highest BCUT2D eigenvalue weighted by Crippen LogP contribution is 1.96. The van der Waals surface area contributed by atoms with Crippen molar-refractivity contribution in [3.05, 3.63) is 0 Å². The average Bonchev–Trinajstić information content (AvgIpc) is 2.25. The van der Waals surface area contributed by atoms with Crippen LogP contribution in [-0.4, -0.2) is 57.6 Å². The molecule has 0 saturated carbocycles. The third-order valence-corrected chi connectivity index (χ3v) is 1.85. The first-order valence-electron chi connectivity index (χ1n) is 4.58. The molecular weight excluding hydrogens is 188 g/mol. The highest BCUT2D eigenvalue weighted by Gasteiger charge is 2.16. The Bertz CT molecular complexity index is 171. The molecule has 1 saturated heterocycles. The van der Waals surface area contributed by atoms with E-state index in [1.54, 1.807) is 12.0 Å². The summed E-state index contributed by atoms with van der Waals surface area (Å²) >= 11 is 0. The number of amides is 2. The van der Waals surface area contributed by atoms with E-state index in [2.05, 4.69) is 5.48 Å². The van der Waals surface area contributed by atoms with Crippen molar-refractivity contribution in [2.45, 2.75) is 0 Å². The maximum Gasteiger partial charge on any atom is 0.341 e. The largest absolute Gasteiger partial charge is 0.382 e. The first-order valence-corrected chi connectivity index (χ1v) is 4.58. The maximum absolute atomic E-state index is 11.4. The van der Waals surface area contributed by atoms with Crippen LogP contribution in [0.1, 0.15) is 0 Å². The van der Waals surface area contributed by atoms with E-state index in [1.165, 1.54) is 0 Å². The lowest BCUT2D eigenvalue weighted by Crippen LogP contribution is -2.46. The van der Waals surface area contributed by atoms with Gasteiger partial charge in [0.05, 0.1) is 26.4 Å². The van der Waals surface area contributed by atoms with Crippen LogP contribution in [0.2, 0.25) is 0 Å². The molecule has 0 aromatic rings. The number of nitrogens with zero attached hydrogens (tertiary/aromatic N) is 1. The zero-order valence-corrected chi connectivity index (χ0v) is 8.32. The second kappa shape index (κ2) is 6.58. The topological polar surface area (TPSA) is 60.0 Å². The van der Waals surface area contributed by atoms with E-state index in [0.717, 1.165) is 0 Å². The standard InChI is InChI=1S/C8H16N2O4/c1-12-6-7-14-9-8(11)10-2-4-13-5-3-10/h2-7H2,1H3,(H,9,11). The number of carbonyl (C=O) groups is 1. The Hall–Kier alpha value is -0.850. The average molecular weight is 204 g/mol. The lowest BCUT2D eigenvalue weighted by molar-refractivity contribution is 0.00187. The number of methoxy groups -OCH3 is 1. The molecule has 1 heterocycles. The molecule has 0 unspecified atom stereocenters.